The molecule has 7 heteroatoms. The summed E-state index contributed by atoms with van der Waals surface area (Å²) in [5, 5.41) is 3.11. The highest BCUT2D eigenvalue weighted by atomic mass is 16.7. The molecule has 1 aromatic heterocycles. The van der Waals surface area contributed by atoms with Crippen LogP contribution in [-0.4, -0.2) is 61.4 Å². The predicted molar refractivity (Wildman–Crippen MR) is 134 cm³/mol. The van der Waals surface area contributed by atoms with E-state index in [1.165, 1.54) is 0 Å². The quantitative estimate of drug-likeness (QED) is 0.545. The second-order valence-corrected chi connectivity index (χ2v) is 8.90. The minimum atomic E-state index is 0.000234. The van der Waals surface area contributed by atoms with E-state index >= 15 is 0 Å². The van der Waals surface area contributed by atoms with Crippen molar-refractivity contribution in [3.05, 3.63) is 65.9 Å². The molecular formula is C27H32N4O3. The van der Waals surface area contributed by atoms with Crippen molar-refractivity contribution in [2.24, 2.45) is 7.05 Å². The molecule has 0 saturated carbocycles. The van der Waals surface area contributed by atoms with Crippen molar-refractivity contribution >= 4 is 11.6 Å². The van der Waals surface area contributed by atoms with E-state index in [1.54, 1.807) is 0 Å². The molecule has 0 unspecified atom stereocenters. The summed E-state index contributed by atoms with van der Waals surface area (Å²) in [6, 6.07) is 18.3. The number of hydrogen-bond acceptors (Lipinski definition) is 5. The highest BCUT2D eigenvalue weighted by molar-refractivity contribution is 5.97. The third kappa shape index (κ3) is 4.48. The molecule has 3 heterocycles. The van der Waals surface area contributed by atoms with Crippen LogP contribution in [0.3, 0.4) is 0 Å². The van der Waals surface area contributed by atoms with E-state index in [0.717, 1.165) is 78.8 Å². The predicted octanol–water partition coefficient (Wildman–Crippen LogP) is 3.67. The van der Waals surface area contributed by atoms with Gasteiger partial charge in [0.1, 0.15) is 0 Å². The third-order valence-electron chi connectivity index (χ3n) is 6.87. The monoisotopic (exact) mass is 460 g/mol. The highest BCUT2D eigenvalue weighted by Crippen LogP contribution is 2.41. The fourth-order valence-electron chi connectivity index (χ4n) is 4.79. The van der Waals surface area contributed by atoms with Crippen molar-refractivity contribution in [2.75, 3.05) is 51.0 Å². The molecule has 1 saturated heterocycles. The number of nitrogens with one attached hydrogen (secondary N) is 1. The van der Waals surface area contributed by atoms with Gasteiger partial charge < -0.3 is 24.3 Å². The number of amides is 1. The van der Waals surface area contributed by atoms with Crippen LogP contribution in [0, 0.1) is 6.92 Å². The molecule has 0 aliphatic carbocycles. The van der Waals surface area contributed by atoms with Gasteiger partial charge in [0.2, 0.25) is 6.79 Å². The van der Waals surface area contributed by atoms with Gasteiger partial charge in [0.05, 0.1) is 11.3 Å². The maximum atomic E-state index is 12.8. The number of nitrogens with zero attached hydrogens (tertiary/aromatic N) is 3. The third-order valence-corrected chi connectivity index (χ3v) is 6.87. The largest absolute Gasteiger partial charge is 0.454 e. The normalized spacial score (nSPS) is 15.5. The van der Waals surface area contributed by atoms with E-state index in [0.29, 0.717) is 13.3 Å². The van der Waals surface area contributed by atoms with Gasteiger partial charge in [-0.2, -0.15) is 0 Å². The number of carbonyl (C=O) groups is 1. The van der Waals surface area contributed by atoms with Crippen molar-refractivity contribution in [3.8, 4) is 22.8 Å². The van der Waals surface area contributed by atoms with Gasteiger partial charge >= 0.3 is 0 Å². The summed E-state index contributed by atoms with van der Waals surface area (Å²) in [5.41, 5.74) is 5.02. The second-order valence-electron chi connectivity index (χ2n) is 8.90. The summed E-state index contributed by atoms with van der Waals surface area (Å²) in [5.74, 6) is 1.70. The van der Waals surface area contributed by atoms with Crippen LogP contribution in [0.2, 0.25) is 0 Å². The van der Waals surface area contributed by atoms with E-state index < -0.39 is 0 Å². The topological polar surface area (TPSA) is 59.0 Å². The molecule has 1 fully saturated rings. The number of anilines is 1. The standard InChI is InChI=1S/C27H32N4O3/c1-20-22(18-24(29(20)2)21-8-4-3-5-9-21)27(32)28-12-7-13-30-14-16-31(17-15-30)23-10-6-11-25-26(23)34-19-33-25/h3-6,8-11,18H,7,12-17,19H2,1-2H3,(H,28,32). The molecule has 0 atom stereocenters. The fraction of sp³-hybridized carbons (Fsp3) is 0.370. The Morgan fingerprint density at radius 3 is 2.59 bits per heavy atom. The Balaban J connectivity index is 1.09. The van der Waals surface area contributed by atoms with E-state index in [2.05, 4.69) is 37.9 Å². The number of aromatic nitrogens is 1. The smallest absolute Gasteiger partial charge is 0.253 e. The number of para-hydroxylation sites is 1. The fourth-order valence-corrected chi connectivity index (χ4v) is 4.79. The van der Waals surface area contributed by atoms with Crippen LogP contribution in [0.1, 0.15) is 22.5 Å². The summed E-state index contributed by atoms with van der Waals surface area (Å²) in [6.45, 7) is 7.85. The Morgan fingerprint density at radius 1 is 1.00 bits per heavy atom. The van der Waals surface area contributed by atoms with Crippen LogP contribution in [0.4, 0.5) is 5.69 Å². The number of rotatable bonds is 7. The Bertz CT molecular complexity index is 1150. The van der Waals surface area contributed by atoms with E-state index in [-0.39, 0.29) is 5.91 Å². The summed E-state index contributed by atoms with van der Waals surface area (Å²) in [7, 11) is 2.01. The zero-order valence-electron chi connectivity index (χ0n) is 19.9. The maximum absolute atomic E-state index is 12.8. The minimum Gasteiger partial charge on any atom is -0.454 e. The van der Waals surface area contributed by atoms with E-state index in [4.69, 9.17) is 9.47 Å². The van der Waals surface area contributed by atoms with Gasteiger partial charge in [-0.25, -0.2) is 0 Å². The van der Waals surface area contributed by atoms with Gasteiger partial charge in [-0.1, -0.05) is 36.4 Å². The SMILES string of the molecule is Cc1c(C(=O)NCCCN2CCN(c3cccc4c3OCO4)CC2)cc(-c2ccccc2)n1C. The Labute approximate surface area is 200 Å². The lowest BCUT2D eigenvalue weighted by Gasteiger charge is -2.36. The van der Waals surface area contributed by atoms with Crippen LogP contribution >= 0.6 is 0 Å². The van der Waals surface area contributed by atoms with Gasteiger partial charge in [-0.3, -0.25) is 9.69 Å². The lowest BCUT2D eigenvalue weighted by atomic mass is 10.1. The molecule has 2 aromatic carbocycles. The summed E-state index contributed by atoms with van der Waals surface area (Å²) >= 11 is 0. The average molecular weight is 461 g/mol. The van der Waals surface area contributed by atoms with Crippen molar-refractivity contribution in [3.63, 3.8) is 0 Å². The van der Waals surface area contributed by atoms with Gasteiger partial charge in [-0.15, -0.1) is 0 Å². The van der Waals surface area contributed by atoms with Crippen molar-refractivity contribution in [1.29, 1.82) is 0 Å². The molecular weight excluding hydrogens is 428 g/mol. The summed E-state index contributed by atoms with van der Waals surface area (Å²) in [4.78, 5) is 17.7. The molecule has 5 rings (SSSR count). The molecule has 2 aliphatic rings. The number of carbonyl (C=O) groups excluding carboxylic acids is 1. The molecule has 2 aliphatic heterocycles. The number of piperazine rings is 1. The average Bonchev–Trinajstić information content (AvgIpc) is 3.47. The molecule has 1 amide bonds. The lowest BCUT2D eigenvalue weighted by molar-refractivity contribution is 0.0950. The second kappa shape index (κ2) is 9.81. The number of ether oxygens (including phenoxy) is 2. The van der Waals surface area contributed by atoms with Crippen LogP contribution < -0.4 is 19.7 Å². The number of benzene rings is 2. The van der Waals surface area contributed by atoms with Crippen LogP contribution in [0.25, 0.3) is 11.3 Å². The summed E-state index contributed by atoms with van der Waals surface area (Å²) in [6.07, 6.45) is 0.931. The van der Waals surface area contributed by atoms with E-state index in [1.807, 2.05) is 50.4 Å². The zero-order valence-corrected chi connectivity index (χ0v) is 19.9. The molecule has 0 bridgehead atoms. The van der Waals surface area contributed by atoms with Crippen LogP contribution in [0.15, 0.2) is 54.6 Å². The minimum absolute atomic E-state index is 0.000234. The molecule has 3 aromatic rings. The molecule has 34 heavy (non-hydrogen) atoms. The molecule has 0 spiro atoms. The van der Waals surface area contributed by atoms with Gasteiger partial charge in [-0.05, 0) is 43.7 Å². The van der Waals surface area contributed by atoms with Crippen molar-refractivity contribution < 1.29 is 14.3 Å². The Morgan fingerprint density at radius 2 is 1.79 bits per heavy atom. The van der Waals surface area contributed by atoms with Crippen LogP contribution in [-0.2, 0) is 7.05 Å². The number of fused-ring (bicyclic) bond motifs is 1. The zero-order chi connectivity index (χ0) is 23.5. The van der Waals surface area contributed by atoms with Crippen molar-refractivity contribution in [1.82, 2.24) is 14.8 Å². The maximum Gasteiger partial charge on any atom is 0.253 e. The van der Waals surface area contributed by atoms with Crippen LogP contribution in [0.5, 0.6) is 11.5 Å². The van der Waals surface area contributed by atoms with E-state index in [9.17, 15) is 4.79 Å². The van der Waals surface area contributed by atoms with Crippen molar-refractivity contribution in [2.45, 2.75) is 13.3 Å². The molecule has 1 N–H and O–H groups in total. The lowest BCUT2D eigenvalue weighted by Crippen LogP contribution is -2.47. The number of hydrogen-bond donors (Lipinski definition) is 1. The molecule has 178 valence electrons. The molecule has 0 radical (unpaired) electrons. The molecule has 7 nitrogen and oxygen atoms in total. The first-order chi connectivity index (χ1) is 16.6. The first-order valence-corrected chi connectivity index (χ1v) is 12.0. The first-order valence-electron chi connectivity index (χ1n) is 12.0. The highest BCUT2D eigenvalue weighted by Gasteiger charge is 2.24. The van der Waals surface area contributed by atoms with Gasteiger partial charge in [0.25, 0.3) is 5.91 Å². The Kier molecular flexibility index (Phi) is 6.45. The Hall–Kier alpha value is -3.45. The van der Waals surface area contributed by atoms with Gasteiger partial charge in [0, 0.05) is 51.2 Å². The summed E-state index contributed by atoms with van der Waals surface area (Å²) < 4.78 is 13.3. The van der Waals surface area contributed by atoms with Gasteiger partial charge in [0.15, 0.2) is 11.5 Å². The first kappa shape index (κ1) is 22.3.